The molecule has 0 bridgehead atoms. The zero-order valence-corrected chi connectivity index (χ0v) is 15.3. The lowest BCUT2D eigenvalue weighted by molar-refractivity contribution is -0.140. The predicted molar refractivity (Wildman–Crippen MR) is 97.6 cm³/mol. The summed E-state index contributed by atoms with van der Waals surface area (Å²) >= 11 is 1.04. The highest BCUT2D eigenvalue weighted by molar-refractivity contribution is 7.09. The van der Waals surface area contributed by atoms with E-state index in [0.29, 0.717) is 23.9 Å². The molecule has 1 N–H and O–H groups in total. The van der Waals surface area contributed by atoms with Crippen molar-refractivity contribution in [2.75, 3.05) is 26.7 Å². The van der Waals surface area contributed by atoms with E-state index in [1.165, 1.54) is 5.56 Å². The van der Waals surface area contributed by atoms with Gasteiger partial charge in [0, 0.05) is 44.4 Å². The van der Waals surface area contributed by atoms with Gasteiger partial charge >= 0.3 is 6.18 Å². The van der Waals surface area contributed by atoms with Crippen molar-refractivity contribution >= 4 is 17.3 Å². The van der Waals surface area contributed by atoms with Crippen molar-refractivity contribution in [1.82, 2.24) is 15.2 Å². The van der Waals surface area contributed by atoms with Crippen LogP contribution in [0.25, 0.3) is 0 Å². The van der Waals surface area contributed by atoms with Crippen LogP contribution in [-0.2, 0) is 12.6 Å². The van der Waals surface area contributed by atoms with E-state index >= 15 is 0 Å². The summed E-state index contributed by atoms with van der Waals surface area (Å²) in [5.41, 5.74) is 0.514. The van der Waals surface area contributed by atoms with Gasteiger partial charge in [0.2, 0.25) is 0 Å². The molecule has 2 heterocycles. The van der Waals surface area contributed by atoms with Crippen LogP contribution >= 0.6 is 11.3 Å². The van der Waals surface area contributed by atoms with E-state index in [0.717, 1.165) is 42.2 Å². The number of aromatic nitrogens is 1. The van der Waals surface area contributed by atoms with E-state index in [9.17, 15) is 13.2 Å². The summed E-state index contributed by atoms with van der Waals surface area (Å²) in [5, 5.41) is 4.78. The summed E-state index contributed by atoms with van der Waals surface area (Å²) < 4.78 is 37.8. The quantitative estimate of drug-likeness (QED) is 0.646. The van der Waals surface area contributed by atoms with Crippen molar-refractivity contribution in [2.24, 2.45) is 4.99 Å². The maximum atomic E-state index is 12.6. The van der Waals surface area contributed by atoms with E-state index < -0.39 is 11.9 Å². The number of hydrogen-bond donors (Lipinski definition) is 1. The van der Waals surface area contributed by atoms with Crippen molar-refractivity contribution in [2.45, 2.75) is 24.9 Å². The highest BCUT2D eigenvalue weighted by Gasteiger charge is 2.33. The largest absolute Gasteiger partial charge is 0.434 e. The minimum atomic E-state index is -4.37. The Kier molecular flexibility index (Phi) is 5.80. The molecule has 1 aromatic carbocycles. The number of benzene rings is 1. The summed E-state index contributed by atoms with van der Waals surface area (Å²) in [4.78, 5) is 10.2. The van der Waals surface area contributed by atoms with Crippen LogP contribution < -0.4 is 5.32 Å². The van der Waals surface area contributed by atoms with Crippen molar-refractivity contribution in [3.05, 3.63) is 52.0 Å². The monoisotopic (exact) mass is 382 g/mol. The number of nitrogens with zero attached hydrogens (tertiary/aromatic N) is 3. The molecular formula is C18H21F3N4S. The molecule has 1 atom stereocenters. The van der Waals surface area contributed by atoms with Gasteiger partial charge in [-0.25, -0.2) is 4.98 Å². The second kappa shape index (κ2) is 8.07. The minimum absolute atomic E-state index is 0.440. The summed E-state index contributed by atoms with van der Waals surface area (Å²) in [6, 6.07) is 10.4. The molecule has 4 nitrogen and oxygen atoms in total. The van der Waals surface area contributed by atoms with E-state index in [4.69, 9.17) is 0 Å². The number of alkyl halides is 3. The average Bonchev–Trinajstić information content (AvgIpc) is 3.29. The lowest BCUT2D eigenvalue weighted by Gasteiger charge is -2.21. The highest BCUT2D eigenvalue weighted by atomic mass is 32.1. The van der Waals surface area contributed by atoms with Crippen LogP contribution in [0.15, 0.2) is 40.7 Å². The third-order valence-electron chi connectivity index (χ3n) is 4.43. The smallest absolute Gasteiger partial charge is 0.356 e. The third-order valence-corrected chi connectivity index (χ3v) is 5.34. The van der Waals surface area contributed by atoms with Gasteiger partial charge in [-0.05, 0) is 12.0 Å². The van der Waals surface area contributed by atoms with Gasteiger partial charge in [-0.15, -0.1) is 11.3 Å². The fourth-order valence-electron chi connectivity index (χ4n) is 3.12. The zero-order valence-electron chi connectivity index (χ0n) is 14.5. The number of likely N-dealkylation sites (tertiary alicyclic amines) is 1. The fourth-order valence-corrected chi connectivity index (χ4v) is 3.92. The van der Waals surface area contributed by atoms with E-state index in [1.54, 1.807) is 7.05 Å². The number of aliphatic imine (C=N–C) groups is 1. The Morgan fingerprint density at radius 1 is 1.35 bits per heavy atom. The van der Waals surface area contributed by atoms with E-state index in [2.05, 4.69) is 32.3 Å². The Morgan fingerprint density at radius 2 is 2.12 bits per heavy atom. The highest BCUT2D eigenvalue weighted by Crippen LogP contribution is 2.30. The Morgan fingerprint density at radius 3 is 2.77 bits per heavy atom. The Hall–Kier alpha value is -2.09. The molecule has 0 radical (unpaired) electrons. The van der Waals surface area contributed by atoms with Gasteiger partial charge in [0.05, 0.1) is 5.01 Å². The molecule has 3 rings (SSSR count). The van der Waals surface area contributed by atoms with Crippen LogP contribution in [0, 0.1) is 0 Å². The van der Waals surface area contributed by atoms with Crippen LogP contribution in [0.5, 0.6) is 0 Å². The molecule has 1 aliphatic rings. The summed E-state index contributed by atoms with van der Waals surface area (Å²) in [5.74, 6) is 1.26. The normalized spacial score (nSPS) is 18.4. The molecule has 8 heteroatoms. The molecule has 1 unspecified atom stereocenters. The van der Waals surface area contributed by atoms with E-state index in [1.807, 2.05) is 18.2 Å². The van der Waals surface area contributed by atoms with Gasteiger partial charge < -0.3 is 10.2 Å². The van der Waals surface area contributed by atoms with Crippen LogP contribution in [0.4, 0.5) is 13.2 Å². The summed E-state index contributed by atoms with van der Waals surface area (Å²) in [6.45, 7) is 2.30. The number of guanidine groups is 1. The van der Waals surface area contributed by atoms with Crippen LogP contribution in [0.3, 0.4) is 0 Å². The third kappa shape index (κ3) is 4.55. The fraction of sp³-hybridized carbons (Fsp3) is 0.444. The molecule has 0 aliphatic carbocycles. The average molecular weight is 382 g/mol. The minimum Gasteiger partial charge on any atom is -0.356 e. The zero-order chi connectivity index (χ0) is 18.6. The van der Waals surface area contributed by atoms with Crippen molar-refractivity contribution in [1.29, 1.82) is 0 Å². The molecule has 1 fully saturated rings. The van der Waals surface area contributed by atoms with Gasteiger partial charge in [-0.3, -0.25) is 4.99 Å². The number of hydrogen-bond acceptors (Lipinski definition) is 3. The van der Waals surface area contributed by atoms with Crippen LogP contribution in [0.1, 0.15) is 28.6 Å². The van der Waals surface area contributed by atoms with Gasteiger partial charge in [0.25, 0.3) is 0 Å². The van der Waals surface area contributed by atoms with Gasteiger partial charge in [0.1, 0.15) is 0 Å². The van der Waals surface area contributed by atoms with Crippen molar-refractivity contribution < 1.29 is 13.2 Å². The number of thiazole rings is 1. The lowest BCUT2D eigenvalue weighted by atomic mass is 9.99. The molecule has 26 heavy (non-hydrogen) atoms. The molecule has 1 aliphatic heterocycles. The lowest BCUT2D eigenvalue weighted by Crippen LogP contribution is -2.40. The first-order chi connectivity index (χ1) is 12.5. The van der Waals surface area contributed by atoms with Crippen LogP contribution in [0.2, 0.25) is 0 Å². The van der Waals surface area contributed by atoms with E-state index in [-0.39, 0.29) is 0 Å². The van der Waals surface area contributed by atoms with Gasteiger partial charge in [0.15, 0.2) is 11.7 Å². The summed E-state index contributed by atoms with van der Waals surface area (Å²) in [6.07, 6.45) is -2.87. The van der Waals surface area contributed by atoms with Crippen molar-refractivity contribution in [3.63, 3.8) is 0 Å². The molecule has 0 spiro atoms. The topological polar surface area (TPSA) is 40.5 Å². The first-order valence-corrected chi connectivity index (χ1v) is 9.37. The maximum Gasteiger partial charge on any atom is 0.434 e. The Bertz CT molecular complexity index is 742. The molecule has 0 saturated carbocycles. The molecule has 140 valence electrons. The molecular weight excluding hydrogens is 361 g/mol. The second-order valence-electron chi connectivity index (χ2n) is 6.19. The Balaban J connectivity index is 1.50. The van der Waals surface area contributed by atoms with Crippen molar-refractivity contribution in [3.8, 4) is 0 Å². The molecule has 1 aromatic heterocycles. The summed E-state index contributed by atoms with van der Waals surface area (Å²) in [7, 11) is 1.73. The second-order valence-corrected chi connectivity index (χ2v) is 7.13. The van der Waals surface area contributed by atoms with Gasteiger partial charge in [-0.2, -0.15) is 13.2 Å². The maximum absolute atomic E-state index is 12.6. The number of rotatable bonds is 4. The molecule has 0 amide bonds. The van der Waals surface area contributed by atoms with Gasteiger partial charge in [-0.1, -0.05) is 30.3 Å². The first-order valence-electron chi connectivity index (χ1n) is 8.49. The molecule has 1 saturated heterocycles. The SMILES string of the molecule is CN=C(NCCc1nc(C(F)(F)F)cs1)N1CCC(c2ccccc2)C1. The first kappa shape index (κ1) is 18.7. The predicted octanol–water partition coefficient (Wildman–Crippen LogP) is 3.77. The van der Waals surface area contributed by atoms with Crippen LogP contribution in [-0.4, -0.2) is 42.5 Å². The number of nitrogens with one attached hydrogen (secondary N) is 1. The Labute approximate surface area is 154 Å². The molecule has 2 aromatic rings. The number of halogens is 3. The standard InChI is InChI=1S/C18H21F3N4S/c1-22-17(23-9-7-16-24-15(12-26-16)18(19,20)21)25-10-8-14(11-25)13-5-3-2-4-6-13/h2-6,12,14H,7-11H2,1H3,(H,22,23).